The van der Waals surface area contributed by atoms with Crippen molar-refractivity contribution in [1.82, 2.24) is 0 Å². The van der Waals surface area contributed by atoms with Crippen molar-refractivity contribution in [3.8, 4) is 0 Å². The fourth-order valence-electron chi connectivity index (χ4n) is 8.47. The van der Waals surface area contributed by atoms with Crippen LogP contribution in [0.5, 0.6) is 0 Å². The molecule has 0 aliphatic carbocycles. The minimum atomic E-state index is -0.926. The van der Waals surface area contributed by atoms with Gasteiger partial charge < -0.3 is 33.9 Å². The largest absolute Gasteiger partial charge is 0.481 e. The van der Waals surface area contributed by atoms with Crippen molar-refractivity contribution in [1.29, 1.82) is 0 Å². The predicted octanol–water partition coefficient (Wildman–Crippen LogP) is 8.73. The van der Waals surface area contributed by atoms with E-state index in [1.54, 1.807) is 6.92 Å². The highest BCUT2D eigenvalue weighted by Gasteiger charge is 2.48. The number of hydrogen-bond acceptors (Lipinski definition) is 7. The van der Waals surface area contributed by atoms with Crippen LogP contribution in [0.1, 0.15) is 103 Å². The van der Waals surface area contributed by atoms with E-state index >= 15 is 0 Å². The number of carboxylic acids is 1. The SMILES string of the molecule is C=C(C[C@H](C)[C@@H]1OC(C)(C)O[C@H]([C@@H](C)C(=O)O)[C@@H]1C)[C@@H]1O[C@@H](c2c(C)cc(C)cc2C)O[C@@H]([C@@H](C)[C@H](O)[C@@H](C)[C@H](C)OCc2ccccc2)[C@H]1C. The van der Waals surface area contributed by atoms with Gasteiger partial charge in [-0.3, -0.25) is 4.79 Å². The number of aliphatic hydroxyl groups excluding tert-OH is 1. The lowest BCUT2D eigenvalue weighted by Gasteiger charge is -2.49. The molecule has 2 saturated heterocycles. The van der Waals surface area contributed by atoms with Crippen LogP contribution >= 0.6 is 0 Å². The molecule has 2 aliphatic heterocycles. The zero-order valence-corrected chi connectivity index (χ0v) is 33.0. The number of aliphatic carboxylic acids is 1. The highest BCUT2D eigenvalue weighted by molar-refractivity contribution is 5.70. The molecule has 51 heavy (non-hydrogen) atoms. The molecule has 2 aromatic carbocycles. The van der Waals surface area contributed by atoms with E-state index < -0.39 is 36.2 Å². The van der Waals surface area contributed by atoms with Crippen LogP contribution in [0.2, 0.25) is 0 Å². The molecular formula is C43H64O8. The lowest BCUT2D eigenvalue weighted by Crippen LogP contribution is -2.55. The summed E-state index contributed by atoms with van der Waals surface area (Å²) >= 11 is 0. The molecule has 13 atom stereocenters. The third kappa shape index (κ3) is 9.70. The predicted molar refractivity (Wildman–Crippen MR) is 200 cm³/mol. The molecule has 2 N–H and O–H groups in total. The number of carboxylic acid groups (broad SMARTS) is 1. The normalized spacial score (nSPS) is 30.1. The van der Waals surface area contributed by atoms with Crippen molar-refractivity contribution in [3.05, 3.63) is 82.4 Å². The van der Waals surface area contributed by atoms with Crippen LogP contribution in [0.15, 0.2) is 54.6 Å². The quantitative estimate of drug-likeness (QED) is 0.188. The van der Waals surface area contributed by atoms with Crippen molar-refractivity contribution in [2.45, 2.75) is 145 Å². The zero-order valence-electron chi connectivity index (χ0n) is 33.0. The number of carbonyl (C=O) groups is 1. The Hall–Kier alpha value is -2.59. The van der Waals surface area contributed by atoms with Gasteiger partial charge in [-0.15, -0.1) is 0 Å². The molecule has 284 valence electrons. The molecule has 0 radical (unpaired) electrons. The summed E-state index contributed by atoms with van der Waals surface area (Å²) in [5, 5.41) is 21.7. The lowest BCUT2D eigenvalue weighted by atomic mass is 9.76. The Bertz CT molecular complexity index is 1450. The Morgan fingerprint density at radius 2 is 1.49 bits per heavy atom. The second kappa shape index (κ2) is 17.0. The van der Waals surface area contributed by atoms with Gasteiger partial charge in [0, 0.05) is 29.2 Å². The van der Waals surface area contributed by atoms with Crippen molar-refractivity contribution < 1.29 is 38.7 Å². The van der Waals surface area contributed by atoms with E-state index in [-0.39, 0.29) is 54.0 Å². The summed E-state index contributed by atoms with van der Waals surface area (Å²) in [6.45, 7) is 29.2. The van der Waals surface area contributed by atoms with E-state index in [0.29, 0.717) is 13.0 Å². The number of rotatable bonds is 14. The summed E-state index contributed by atoms with van der Waals surface area (Å²) in [7, 11) is 0. The monoisotopic (exact) mass is 708 g/mol. The fraction of sp³-hybridized carbons (Fsp3) is 0.651. The van der Waals surface area contributed by atoms with Gasteiger partial charge in [-0.2, -0.15) is 0 Å². The van der Waals surface area contributed by atoms with Gasteiger partial charge in [0.15, 0.2) is 12.1 Å². The van der Waals surface area contributed by atoms with E-state index in [1.165, 1.54) is 5.56 Å². The first-order valence-corrected chi connectivity index (χ1v) is 18.8. The molecule has 2 aliphatic rings. The summed E-state index contributed by atoms with van der Waals surface area (Å²) in [4.78, 5) is 12.0. The van der Waals surface area contributed by atoms with Gasteiger partial charge in [-0.25, -0.2) is 0 Å². The fourth-order valence-corrected chi connectivity index (χ4v) is 8.47. The summed E-state index contributed by atoms with van der Waals surface area (Å²) in [6, 6.07) is 14.4. The molecule has 4 rings (SSSR count). The van der Waals surface area contributed by atoms with Crippen molar-refractivity contribution in [2.24, 2.45) is 35.5 Å². The van der Waals surface area contributed by atoms with Gasteiger partial charge >= 0.3 is 5.97 Å². The summed E-state index contributed by atoms with van der Waals surface area (Å²) < 4.78 is 32.6. The second-order valence-corrected chi connectivity index (χ2v) is 16.3. The van der Waals surface area contributed by atoms with Crippen molar-refractivity contribution in [2.75, 3.05) is 0 Å². The first-order chi connectivity index (χ1) is 23.8. The van der Waals surface area contributed by atoms with Crippen LogP contribution in [0.4, 0.5) is 0 Å². The molecule has 0 saturated carbocycles. The van der Waals surface area contributed by atoms with Gasteiger partial charge in [-0.05, 0) is 83.1 Å². The maximum atomic E-state index is 12.0. The molecular weight excluding hydrogens is 644 g/mol. The Morgan fingerprint density at radius 3 is 2.08 bits per heavy atom. The van der Waals surface area contributed by atoms with Crippen molar-refractivity contribution in [3.63, 3.8) is 0 Å². The molecule has 0 amide bonds. The van der Waals surface area contributed by atoms with Gasteiger partial charge in [0.25, 0.3) is 0 Å². The van der Waals surface area contributed by atoms with E-state index in [1.807, 2.05) is 65.0 Å². The van der Waals surface area contributed by atoms with Crippen LogP contribution in [0, 0.1) is 56.3 Å². The van der Waals surface area contributed by atoms with Crippen LogP contribution < -0.4 is 0 Å². The maximum Gasteiger partial charge on any atom is 0.308 e. The van der Waals surface area contributed by atoms with Crippen LogP contribution in [0.25, 0.3) is 0 Å². The summed E-state index contributed by atoms with van der Waals surface area (Å²) in [5.74, 6) is -3.14. The number of aryl methyl sites for hydroxylation is 3. The average Bonchev–Trinajstić information content (AvgIpc) is 3.07. The first-order valence-electron chi connectivity index (χ1n) is 18.8. The molecule has 2 fully saturated rings. The third-order valence-electron chi connectivity index (χ3n) is 11.5. The standard InChI is InChI=1S/C43H64O8/c1-23-19-24(2)35(25(3)20-23)42-48-37(26(4)21-27(5)38-31(9)40(32(10)41(45)46)51-43(12,13)50-38)30(8)39(49-42)29(7)36(44)28(6)33(11)47-22-34-17-15-14-16-18-34/h14-20,27-33,36-40,42,44H,4,21-22H2,1-3,5-13H3,(H,45,46)/t27-,28-,29-,30-,31+,32+,33-,36+,37-,38-,39-,40-,42+/m0/s1. The topological polar surface area (TPSA) is 104 Å². The Kier molecular flexibility index (Phi) is 13.8. The van der Waals surface area contributed by atoms with E-state index in [2.05, 4.69) is 60.3 Å². The molecule has 8 nitrogen and oxygen atoms in total. The minimum Gasteiger partial charge on any atom is -0.481 e. The van der Waals surface area contributed by atoms with Gasteiger partial charge in [0.05, 0.1) is 49.1 Å². The molecule has 0 spiro atoms. The molecule has 2 aromatic rings. The second-order valence-electron chi connectivity index (χ2n) is 16.3. The minimum absolute atomic E-state index is 0.00297. The van der Waals surface area contributed by atoms with E-state index in [9.17, 15) is 15.0 Å². The number of benzene rings is 2. The molecule has 2 heterocycles. The number of aliphatic hydroxyl groups is 1. The molecule has 0 aromatic heterocycles. The Morgan fingerprint density at radius 1 is 0.902 bits per heavy atom. The molecule has 0 unspecified atom stereocenters. The summed E-state index contributed by atoms with van der Waals surface area (Å²) in [5.41, 5.74) is 6.39. The highest BCUT2D eigenvalue weighted by Crippen LogP contribution is 2.45. The van der Waals surface area contributed by atoms with Gasteiger partial charge in [0.1, 0.15) is 0 Å². The van der Waals surface area contributed by atoms with Crippen LogP contribution in [0.3, 0.4) is 0 Å². The highest BCUT2D eigenvalue weighted by atomic mass is 16.7. The molecule has 0 bridgehead atoms. The van der Waals surface area contributed by atoms with Crippen LogP contribution in [-0.2, 0) is 35.1 Å². The van der Waals surface area contributed by atoms with Crippen molar-refractivity contribution >= 4 is 5.97 Å². The first kappa shape index (κ1) is 41.2. The average molecular weight is 709 g/mol. The third-order valence-corrected chi connectivity index (χ3v) is 11.5. The Labute approximate surface area is 306 Å². The van der Waals surface area contributed by atoms with Gasteiger partial charge in [-0.1, -0.05) is 89.2 Å². The maximum absolute atomic E-state index is 12.0. The molecule has 8 heteroatoms. The van der Waals surface area contributed by atoms with Crippen LogP contribution in [-0.4, -0.2) is 58.6 Å². The lowest BCUT2D eigenvalue weighted by molar-refractivity contribution is -0.333. The zero-order chi connectivity index (χ0) is 37.9. The smallest absolute Gasteiger partial charge is 0.308 e. The number of ether oxygens (including phenoxy) is 5. The number of hydrogen-bond donors (Lipinski definition) is 2. The van der Waals surface area contributed by atoms with E-state index in [0.717, 1.165) is 27.8 Å². The Balaban J connectivity index is 1.58. The summed E-state index contributed by atoms with van der Waals surface area (Å²) in [6.07, 6.45) is -2.34. The van der Waals surface area contributed by atoms with E-state index in [4.69, 9.17) is 23.7 Å². The van der Waals surface area contributed by atoms with Gasteiger partial charge in [0.2, 0.25) is 0 Å².